The van der Waals surface area contributed by atoms with Crippen molar-refractivity contribution in [3.05, 3.63) is 100.0 Å². The highest BCUT2D eigenvalue weighted by Crippen LogP contribution is 2.42. The lowest BCUT2D eigenvalue weighted by atomic mass is 10.1. The van der Waals surface area contributed by atoms with Gasteiger partial charge in [-0.05, 0) is 74.3 Å². The zero-order valence-electron chi connectivity index (χ0n) is 22.6. The number of para-hydroxylation sites is 1. The highest BCUT2D eigenvalue weighted by atomic mass is 32.2. The summed E-state index contributed by atoms with van der Waals surface area (Å²) >= 11 is 1.50. The van der Waals surface area contributed by atoms with Gasteiger partial charge in [-0.3, -0.25) is 9.59 Å². The van der Waals surface area contributed by atoms with Gasteiger partial charge in [-0.2, -0.15) is 0 Å². The van der Waals surface area contributed by atoms with Crippen LogP contribution in [0.3, 0.4) is 0 Å². The number of benzene rings is 3. The van der Waals surface area contributed by atoms with Crippen molar-refractivity contribution in [1.29, 1.82) is 0 Å². The number of nitrogens with one attached hydrogen (secondary N) is 1. The van der Waals surface area contributed by atoms with E-state index in [1.807, 2.05) is 59.5 Å². The molecule has 1 heterocycles. The molecule has 0 atom stereocenters. The number of hydrogen-bond acceptors (Lipinski definition) is 4. The molecule has 3 aromatic carbocycles. The predicted molar refractivity (Wildman–Crippen MR) is 158 cm³/mol. The summed E-state index contributed by atoms with van der Waals surface area (Å²) in [7, 11) is 0. The van der Waals surface area contributed by atoms with Gasteiger partial charge in [-0.15, -0.1) is 0 Å². The van der Waals surface area contributed by atoms with Gasteiger partial charge in [0.1, 0.15) is 0 Å². The maximum absolute atomic E-state index is 13.6. The van der Waals surface area contributed by atoms with Crippen LogP contribution in [-0.4, -0.2) is 42.9 Å². The Bertz CT molecular complexity index is 1280. The van der Waals surface area contributed by atoms with Crippen LogP contribution in [0.1, 0.15) is 53.7 Å². The third-order valence-electron chi connectivity index (χ3n) is 6.52. The third-order valence-corrected chi connectivity index (χ3v) is 7.60. The Morgan fingerprint density at radius 3 is 2.39 bits per heavy atom. The standard InChI is InChI=1S/C32H37N3O2S/c1-4-18-34(19-5-2)20-17-33-31(36)27-15-13-25(14-16-27)22-30-32(37)35(23-26-10-8-9-24(3)21-26)28-11-6-7-12-29(28)38-30/h6-16,21-22H,4-5,17-20,23H2,1-3H3,(H,33,36)/b30-22+. The van der Waals surface area contributed by atoms with Crippen molar-refractivity contribution in [2.45, 2.75) is 45.1 Å². The first-order valence-corrected chi connectivity index (χ1v) is 14.3. The van der Waals surface area contributed by atoms with Crippen LogP contribution in [0.2, 0.25) is 0 Å². The molecule has 4 rings (SSSR count). The number of carbonyl (C=O) groups is 2. The van der Waals surface area contributed by atoms with Crippen LogP contribution in [0.5, 0.6) is 0 Å². The van der Waals surface area contributed by atoms with Crippen LogP contribution in [-0.2, 0) is 11.3 Å². The first-order valence-electron chi connectivity index (χ1n) is 13.4. The van der Waals surface area contributed by atoms with Crippen molar-refractivity contribution in [2.75, 3.05) is 31.1 Å². The fraction of sp³-hybridized carbons (Fsp3) is 0.312. The normalized spacial score (nSPS) is 14.2. The molecule has 0 saturated carbocycles. The number of amides is 2. The van der Waals surface area contributed by atoms with Crippen LogP contribution in [0.25, 0.3) is 6.08 Å². The fourth-order valence-corrected chi connectivity index (χ4v) is 5.75. The number of carbonyl (C=O) groups excluding carboxylic acids is 2. The molecular formula is C32H37N3O2S. The van der Waals surface area contributed by atoms with Gasteiger partial charge in [0.15, 0.2) is 0 Å². The summed E-state index contributed by atoms with van der Waals surface area (Å²) in [6.45, 7) is 10.5. The molecule has 1 aliphatic heterocycles. The largest absolute Gasteiger partial charge is 0.351 e. The first kappa shape index (κ1) is 27.7. The fourth-order valence-electron chi connectivity index (χ4n) is 4.69. The molecule has 0 radical (unpaired) electrons. The van der Waals surface area contributed by atoms with Crippen molar-refractivity contribution in [1.82, 2.24) is 10.2 Å². The van der Waals surface area contributed by atoms with Crippen LogP contribution in [0.15, 0.2) is 82.6 Å². The molecule has 3 aromatic rings. The van der Waals surface area contributed by atoms with Crippen molar-refractivity contribution >= 4 is 35.3 Å². The first-order chi connectivity index (χ1) is 18.5. The Balaban J connectivity index is 1.46. The summed E-state index contributed by atoms with van der Waals surface area (Å²) in [5.74, 6) is -0.0840. The molecule has 1 N–H and O–H groups in total. The smallest absolute Gasteiger partial charge is 0.265 e. The monoisotopic (exact) mass is 527 g/mol. The Morgan fingerprint density at radius 1 is 0.947 bits per heavy atom. The maximum Gasteiger partial charge on any atom is 0.265 e. The second kappa shape index (κ2) is 13.4. The van der Waals surface area contributed by atoms with Crippen molar-refractivity contribution in [3.8, 4) is 0 Å². The molecular weight excluding hydrogens is 490 g/mol. The molecule has 0 fully saturated rings. The van der Waals surface area contributed by atoms with Gasteiger partial charge >= 0.3 is 0 Å². The summed E-state index contributed by atoms with van der Waals surface area (Å²) < 4.78 is 0. The van der Waals surface area contributed by atoms with Crippen LogP contribution >= 0.6 is 11.8 Å². The van der Waals surface area contributed by atoms with Crippen LogP contribution in [0.4, 0.5) is 5.69 Å². The van der Waals surface area contributed by atoms with Gasteiger partial charge in [-0.25, -0.2) is 0 Å². The second-order valence-corrected chi connectivity index (χ2v) is 10.8. The molecule has 0 aromatic heterocycles. The Labute approximate surface area is 230 Å². The van der Waals surface area contributed by atoms with E-state index >= 15 is 0 Å². The topological polar surface area (TPSA) is 52.7 Å². The van der Waals surface area contributed by atoms with Gasteiger partial charge in [0.05, 0.1) is 17.1 Å². The van der Waals surface area contributed by atoms with Gasteiger partial charge in [-0.1, -0.05) is 79.7 Å². The highest BCUT2D eigenvalue weighted by molar-refractivity contribution is 8.04. The number of hydrogen-bond donors (Lipinski definition) is 1. The lowest BCUT2D eigenvalue weighted by molar-refractivity contribution is -0.114. The minimum Gasteiger partial charge on any atom is -0.351 e. The van der Waals surface area contributed by atoms with Gasteiger partial charge in [0.25, 0.3) is 11.8 Å². The second-order valence-electron chi connectivity index (χ2n) is 9.68. The molecule has 0 bridgehead atoms. The summed E-state index contributed by atoms with van der Waals surface area (Å²) in [6.07, 6.45) is 4.14. The molecule has 0 saturated heterocycles. The van der Waals surface area contributed by atoms with E-state index in [4.69, 9.17) is 0 Å². The average Bonchev–Trinajstić information content (AvgIpc) is 2.91. The van der Waals surface area contributed by atoms with E-state index in [9.17, 15) is 9.59 Å². The number of rotatable bonds is 11. The lowest BCUT2D eigenvalue weighted by Gasteiger charge is -2.30. The third kappa shape index (κ3) is 7.15. The molecule has 5 nitrogen and oxygen atoms in total. The molecule has 0 unspecified atom stereocenters. The lowest BCUT2D eigenvalue weighted by Crippen LogP contribution is -2.35. The zero-order chi connectivity index (χ0) is 26.9. The molecule has 6 heteroatoms. The SMILES string of the molecule is CCCN(CCC)CCNC(=O)c1ccc(/C=C2/Sc3ccccc3N(Cc3cccc(C)c3)C2=O)cc1. The van der Waals surface area contributed by atoms with E-state index in [-0.39, 0.29) is 11.8 Å². The maximum atomic E-state index is 13.6. The van der Waals surface area contributed by atoms with E-state index in [2.05, 4.69) is 55.3 Å². The van der Waals surface area contributed by atoms with Gasteiger partial charge < -0.3 is 15.1 Å². The van der Waals surface area contributed by atoms with E-state index in [1.165, 1.54) is 17.3 Å². The van der Waals surface area contributed by atoms with Crippen molar-refractivity contribution in [3.63, 3.8) is 0 Å². The van der Waals surface area contributed by atoms with E-state index in [1.54, 1.807) is 0 Å². The summed E-state index contributed by atoms with van der Waals surface area (Å²) in [5, 5.41) is 3.04. The minimum atomic E-state index is -0.0708. The number of nitrogens with zero attached hydrogens (tertiary/aromatic N) is 2. The number of thioether (sulfide) groups is 1. The number of anilines is 1. The molecule has 0 spiro atoms. The van der Waals surface area contributed by atoms with E-state index < -0.39 is 0 Å². The zero-order valence-corrected chi connectivity index (χ0v) is 23.4. The van der Waals surface area contributed by atoms with E-state index in [0.29, 0.717) is 23.6 Å². The number of aryl methyl sites for hydroxylation is 1. The molecule has 38 heavy (non-hydrogen) atoms. The molecule has 198 valence electrons. The predicted octanol–water partition coefficient (Wildman–Crippen LogP) is 6.53. The highest BCUT2D eigenvalue weighted by Gasteiger charge is 2.29. The molecule has 0 aliphatic carbocycles. The Kier molecular flexibility index (Phi) is 9.79. The molecule has 2 amide bonds. The average molecular weight is 528 g/mol. The van der Waals surface area contributed by atoms with E-state index in [0.717, 1.165) is 54.2 Å². The van der Waals surface area contributed by atoms with Crippen molar-refractivity contribution in [2.24, 2.45) is 0 Å². The van der Waals surface area contributed by atoms with Gasteiger partial charge in [0, 0.05) is 23.5 Å². The van der Waals surface area contributed by atoms with Crippen molar-refractivity contribution < 1.29 is 9.59 Å². The van der Waals surface area contributed by atoms with Gasteiger partial charge in [0.2, 0.25) is 0 Å². The minimum absolute atomic E-state index is 0.0132. The summed E-state index contributed by atoms with van der Waals surface area (Å²) in [6, 6.07) is 23.8. The Morgan fingerprint density at radius 2 is 1.68 bits per heavy atom. The van der Waals surface area contributed by atoms with Crippen LogP contribution < -0.4 is 10.2 Å². The quantitative estimate of drug-likeness (QED) is 0.288. The summed E-state index contributed by atoms with van der Waals surface area (Å²) in [4.78, 5) is 32.2. The molecule has 1 aliphatic rings. The number of fused-ring (bicyclic) bond motifs is 1. The summed E-state index contributed by atoms with van der Waals surface area (Å²) in [5.41, 5.74) is 4.73. The Hall–Kier alpha value is -3.35. The van der Waals surface area contributed by atoms with Crippen LogP contribution in [0, 0.1) is 6.92 Å².